The number of rotatable bonds is 8. The maximum absolute atomic E-state index is 5.76. The van der Waals surface area contributed by atoms with Gasteiger partial charge in [0.1, 0.15) is 5.01 Å². The van der Waals surface area contributed by atoms with Crippen LogP contribution < -0.4 is 10.6 Å². The van der Waals surface area contributed by atoms with Gasteiger partial charge in [0, 0.05) is 51.1 Å². The zero-order chi connectivity index (χ0) is 16.3. The van der Waals surface area contributed by atoms with Gasteiger partial charge in [-0.2, -0.15) is 0 Å². The summed E-state index contributed by atoms with van der Waals surface area (Å²) in [5, 5.41) is 7.65. The van der Waals surface area contributed by atoms with E-state index in [1.165, 1.54) is 4.88 Å². The number of aromatic nitrogens is 1. The van der Waals surface area contributed by atoms with Crippen molar-refractivity contribution in [2.24, 2.45) is 10.9 Å². The Hall–Kier alpha value is -0.450. The highest BCUT2D eigenvalue weighted by molar-refractivity contribution is 14.0. The molecule has 2 rings (SSSR count). The summed E-state index contributed by atoms with van der Waals surface area (Å²) in [6.45, 7) is 7.04. The number of nitrogens with one attached hydrogen (secondary N) is 2. The molecule has 1 aromatic heterocycles. The highest BCUT2D eigenvalue weighted by Crippen LogP contribution is 2.14. The number of guanidine groups is 1. The van der Waals surface area contributed by atoms with E-state index in [-0.39, 0.29) is 24.0 Å². The monoisotopic (exact) mass is 468 g/mol. The Balaban J connectivity index is 0.00000288. The minimum Gasteiger partial charge on any atom is -0.381 e. The Labute approximate surface area is 165 Å². The molecular weight excluding hydrogens is 439 g/mol. The maximum atomic E-state index is 5.76. The van der Waals surface area contributed by atoms with Gasteiger partial charge in [-0.1, -0.05) is 0 Å². The largest absolute Gasteiger partial charge is 0.381 e. The van der Waals surface area contributed by atoms with Crippen LogP contribution in [0.15, 0.2) is 11.2 Å². The summed E-state index contributed by atoms with van der Waals surface area (Å²) < 4.78 is 11.1. The fraction of sp³-hybridized carbons (Fsp3) is 0.750. The summed E-state index contributed by atoms with van der Waals surface area (Å²) in [6, 6.07) is 0. The Bertz CT molecular complexity index is 478. The first-order valence-electron chi connectivity index (χ1n) is 8.29. The van der Waals surface area contributed by atoms with Crippen LogP contribution in [-0.2, 0) is 16.0 Å². The lowest BCUT2D eigenvalue weighted by atomic mass is 10.0. The van der Waals surface area contributed by atoms with E-state index in [2.05, 4.69) is 27.5 Å². The molecule has 138 valence electrons. The molecule has 0 radical (unpaired) electrons. The zero-order valence-electron chi connectivity index (χ0n) is 14.5. The fourth-order valence-electron chi connectivity index (χ4n) is 2.41. The van der Waals surface area contributed by atoms with Gasteiger partial charge in [0.2, 0.25) is 0 Å². The minimum absolute atomic E-state index is 0. The first-order chi connectivity index (χ1) is 11.3. The Morgan fingerprint density at radius 3 is 2.88 bits per heavy atom. The minimum atomic E-state index is 0. The average Bonchev–Trinajstić information content (AvgIpc) is 3.00. The van der Waals surface area contributed by atoms with Gasteiger partial charge in [0.15, 0.2) is 5.96 Å². The second-order valence-corrected chi connectivity index (χ2v) is 7.02. The first kappa shape index (κ1) is 21.6. The van der Waals surface area contributed by atoms with Crippen molar-refractivity contribution >= 4 is 41.3 Å². The molecular formula is C16H29IN4O2S. The molecule has 0 amide bonds. The van der Waals surface area contributed by atoms with Crippen LogP contribution in [0.2, 0.25) is 0 Å². The van der Waals surface area contributed by atoms with Crippen molar-refractivity contribution in [2.45, 2.75) is 32.7 Å². The number of ether oxygens (including phenoxy) is 2. The van der Waals surface area contributed by atoms with Crippen molar-refractivity contribution < 1.29 is 9.47 Å². The normalized spacial score (nSPS) is 15.8. The predicted octanol–water partition coefficient (Wildman–Crippen LogP) is 2.57. The van der Waals surface area contributed by atoms with Crippen LogP contribution in [0, 0.1) is 12.8 Å². The van der Waals surface area contributed by atoms with Crippen LogP contribution in [0.3, 0.4) is 0 Å². The molecule has 24 heavy (non-hydrogen) atoms. The van der Waals surface area contributed by atoms with E-state index in [9.17, 15) is 0 Å². The molecule has 0 atom stereocenters. The quantitative estimate of drug-likeness (QED) is 0.266. The van der Waals surface area contributed by atoms with Crippen LogP contribution in [0.5, 0.6) is 0 Å². The van der Waals surface area contributed by atoms with Gasteiger partial charge in [0.25, 0.3) is 0 Å². The molecule has 0 aliphatic carbocycles. The van der Waals surface area contributed by atoms with Gasteiger partial charge in [-0.05, 0) is 32.1 Å². The third kappa shape index (κ3) is 8.59. The van der Waals surface area contributed by atoms with Gasteiger partial charge in [0.05, 0.1) is 6.54 Å². The van der Waals surface area contributed by atoms with Crippen molar-refractivity contribution in [2.75, 3.05) is 40.0 Å². The predicted molar refractivity (Wildman–Crippen MR) is 109 cm³/mol. The van der Waals surface area contributed by atoms with Gasteiger partial charge in [-0.3, -0.25) is 4.99 Å². The molecule has 0 aromatic carbocycles. The molecule has 2 N–H and O–H groups in total. The molecule has 0 unspecified atom stereocenters. The number of hydrogen-bond acceptors (Lipinski definition) is 5. The van der Waals surface area contributed by atoms with Gasteiger partial charge >= 0.3 is 0 Å². The second-order valence-electron chi connectivity index (χ2n) is 5.70. The van der Waals surface area contributed by atoms with Crippen molar-refractivity contribution in [1.82, 2.24) is 15.6 Å². The summed E-state index contributed by atoms with van der Waals surface area (Å²) in [5.74, 6) is 1.48. The first-order valence-corrected chi connectivity index (χ1v) is 9.11. The van der Waals surface area contributed by atoms with Crippen LogP contribution >= 0.6 is 35.3 Å². The van der Waals surface area contributed by atoms with Crippen molar-refractivity contribution in [3.05, 3.63) is 16.1 Å². The molecule has 8 heteroatoms. The van der Waals surface area contributed by atoms with Gasteiger partial charge < -0.3 is 20.1 Å². The Morgan fingerprint density at radius 1 is 1.42 bits per heavy atom. The van der Waals surface area contributed by atoms with Gasteiger partial charge in [-0.25, -0.2) is 4.98 Å². The number of halogens is 1. The number of hydrogen-bond donors (Lipinski definition) is 2. The lowest BCUT2D eigenvalue weighted by Gasteiger charge is -2.21. The van der Waals surface area contributed by atoms with Crippen molar-refractivity contribution in [3.63, 3.8) is 0 Å². The lowest BCUT2D eigenvalue weighted by molar-refractivity contribution is 0.0203. The summed E-state index contributed by atoms with van der Waals surface area (Å²) in [4.78, 5) is 9.78. The smallest absolute Gasteiger partial charge is 0.191 e. The van der Waals surface area contributed by atoms with Crippen LogP contribution in [-0.4, -0.2) is 51.0 Å². The zero-order valence-corrected chi connectivity index (χ0v) is 17.7. The average molecular weight is 468 g/mol. The molecule has 0 bridgehead atoms. The number of nitrogens with zero attached hydrogens (tertiary/aromatic N) is 2. The van der Waals surface area contributed by atoms with Crippen molar-refractivity contribution in [1.29, 1.82) is 0 Å². The molecule has 1 aliphatic rings. The highest BCUT2D eigenvalue weighted by Gasteiger charge is 2.13. The molecule has 1 saturated heterocycles. The Kier molecular flexibility index (Phi) is 11.6. The Morgan fingerprint density at radius 2 is 2.21 bits per heavy atom. The van der Waals surface area contributed by atoms with Crippen LogP contribution in [0.4, 0.5) is 0 Å². The third-order valence-corrected chi connectivity index (χ3v) is 4.66. The molecule has 1 aromatic rings. The summed E-state index contributed by atoms with van der Waals surface area (Å²) in [7, 11) is 1.78. The van der Waals surface area contributed by atoms with Crippen LogP contribution in [0.1, 0.15) is 29.1 Å². The molecule has 1 aliphatic heterocycles. The molecule has 0 saturated carbocycles. The summed E-state index contributed by atoms with van der Waals surface area (Å²) in [6.07, 6.45) is 5.13. The summed E-state index contributed by atoms with van der Waals surface area (Å²) >= 11 is 1.70. The maximum Gasteiger partial charge on any atom is 0.191 e. The van der Waals surface area contributed by atoms with E-state index < -0.39 is 0 Å². The highest BCUT2D eigenvalue weighted by atomic mass is 127. The van der Waals surface area contributed by atoms with E-state index in [0.29, 0.717) is 12.5 Å². The molecule has 0 spiro atoms. The molecule has 2 heterocycles. The third-order valence-electron chi connectivity index (χ3n) is 3.75. The number of thiazole rings is 1. The topological polar surface area (TPSA) is 67.8 Å². The fourth-order valence-corrected chi connectivity index (χ4v) is 3.13. The number of aliphatic imine (C=N–C) groups is 1. The molecule has 6 nitrogen and oxygen atoms in total. The second kappa shape index (κ2) is 12.8. The standard InChI is InChI=1S/C16H28N4O2S.HI/c1-13-10-19-15(23-13)11-20-16(17-2)18-6-3-7-22-12-14-4-8-21-9-5-14;/h10,14H,3-9,11-12H2,1-2H3,(H2,17,18,20);1H. The van der Waals surface area contributed by atoms with Crippen LogP contribution in [0.25, 0.3) is 0 Å². The van der Waals surface area contributed by atoms with E-state index in [4.69, 9.17) is 9.47 Å². The molecule has 1 fully saturated rings. The van der Waals surface area contributed by atoms with E-state index >= 15 is 0 Å². The van der Waals surface area contributed by atoms with Gasteiger partial charge in [-0.15, -0.1) is 35.3 Å². The summed E-state index contributed by atoms with van der Waals surface area (Å²) in [5.41, 5.74) is 0. The SMILES string of the molecule is CN=C(NCCCOCC1CCOCC1)NCc1ncc(C)s1.I. The lowest BCUT2D eigenvalue weighted by Crippen LogP contribution is -2.37. The van der Waals surface area contributed by atoms with E-state index in [0.717, 1.165) is 63.2 Å². The van der Waals surface area contributed by atoms with Crippen molar-refractivity contribution in [3.8, 4) is 0 Å². The van der Waals surface area contributed by atoms with E-state index in [1.54, 1.807) is 18.4 Å². The number of aryl methyl sites for hydroxylation is 1. The van der Waals surface area contributed by atoms with E-state index in [1.807, 2.05) is 6.20 Å².